The zero-order valence-electron chi connectivity index (χ0n) is 11.9. The Morgan fingerprint density at radius 2 is 2.32 bits per heavy atom. The Balaban J connectivity index is 2.32. The average Bonchev–Trinajstić information content (AvgIpc) is 2.46. The summed E-state index contributed by atoms with van der Waals surface area (Å²) in [4.78, 5) is 15.7. The maximum atomic E-state index is 11.7. The normalized spacial score (nSPS) is 12.5. The molecule has 0 fully saturated rings. The maximum Gasteiger partial charge on any atom is 0.244 e. The molecular weight excluding hydrogens is 236 g/mol. The van der Waals surface area contributed by atoms with Crippen LogP contribution in [-0.4, -0.2) is 17.4 Å². The van der Waals surface area contributed by atoms with Gasteiger partial charge in [0.05, 0.1) is 0 Å². The van der Waals surface area contributed by atoms with Crippen LogP contribution < -0.4 is 5.32 Å². The second-order valence-electron chi connectivity index (χ2n) is 4.78. The summed E-state index contributed by atoms with van der Waals surface area (Å²) < 4.78 is 0. The highest BCUT2D eigenvalue weighted by Crippen LogP contribution is 2.11. The number of carbonyl (C=O) groups is 1. The predicted octanol–water partition coefficient (Wildman–Crippen LogP) is 3.43. The Bertz CT molecular complexity index is 387. The molecule has 0 saturated carbocycles. The van der Waals surface area contributed by atoms with Crippen molar-refractivity contribution in [3.8, 4) is 0 Å². The largest absolute Gasteiger partial charge is 0.352 e. The van der Waals surface area contributed by atoms with Crippen LogP contribution in [0.4, 0.5) is 0 Å². The van der Waals surface area contributed by atoms with Crippen molar-refractivity contribution in [2.24, 2.45) is 5.92 Å². The summed E-state index contributed by atoms with van der Waals surface area (Å²) in [6.45, 7) is 5.15. The first-order valence-corrected chi connectivity index (χ1v) is 7.12. The third-order valence-corrected chi connectivity index (χ3v) is 3.22. The quantitative estimate of drug-likeness (QED) is 0.728. The number of amides is 1. The molecule has 1 N–H and O–H groups in total. The second-order valence-corrected chi connectivity index (χ2v) is 4.78. The fourth-order valence-corrected chi connectivity index (χ4v) is 1.89. The third kappa shape index (κ3) is 6.75. The molecule has 0 bridgehead atoms. The van der Waals surface area contributed by atoms with E-state index in [1.165, 1.54) is 19.3 Å². The van der Waals surface area contributed by atoms with Crippen LogP contribution in [0.1, 0.15) is 45.1 Å². The van der Waals surface area contributed by atoms with E-state index < -0.39 is 0 Å². The molecule has 3 nitrogen and oxygen atoms in total. The zero-order chi connectivity index (χ0) is 13.9. The number of nitrogens with one attached hydrogen (secondary N) is 1. The zero-order valence-corrected chi connectivity index (χ0v) is 11.9. The van der Waals surface area contributed by atoms with E-state index in [0.717, 1.165) is 18.5 Å². The highest BCUT2D eigenvalue weighted by molar-refractivity contribution is 5.91. The van der Waals surface area contributed by atoms with Gasteiger partial charge in [-0.25, -0.2) is 0 Å². The molecule has 1 aromatic heterocycles. The minimum atomic E-state index is -0.0289. The van der Waals surface area contributed by atoms with Gasteiger partial charge in [0, 0.05) is 25.0 Å². The van der Waals surface area contributed by atoms with Gasteiger partial charge in [0.15, 0.2) is 0 Å². The lowest BCUT2D eigenvalue weighted by molar-refractivity contribution is -0.116. The van der Waals surface area contributed by atoms with Crippen molar-refractivity contribution in [2.45, 2.75) is 39.5 Å². The van der Waals surface area contributed by atoms with Gasteiger partial charge in [0.2, 0.25) is 5.91 Å². The number of nitrogens with zero attached hydrogens (tertiary/aromatic N) is 1. The van der Waals surface area contributed by atoms with Crippen LogP contribution in [0.15, 0.2) is 30.6 Å². The van der Waals surface area contributed by atoms with Crippen LogP contribution in [0.5, 0.6) is 0 Å². The number of carbonyl (C=O) groups excluding carboxylic acids is 1. The number of rotatable bonds is 8. The lowest BCUT2D eigenvalue weighted by atomic mass is 9.99. The van der Waals surface area contributed by atoms with Gasteiger partial charge in [-0.15, -0.1) is 0 Å². The van der Waals surface area contributed by atoms with Gasteiger partial charge >= 0.3 is 0 Å². The number of pyridine rings is 1. The van der Waals surface area contributed by atoms with E-state index in [1.807, 2.05) is 12.1 Å². The fraction of sp³-hybridized carbons (Fsp3) is 0.500. The molecule has 0 radical (unpaired) electrons. The van der Waals surface area contributed by atoms with Crippen molar-refractivity contribution < 1.29 is 4.79 Å². The van der Waals surface area contributed by atoms with Gasteiger partial charge in [-0.05, 0) is 30.0 Å². The van der Waals surface area contributed by atoms with Crippen LogP contribution in [0.3, 0.4) is 0 Å². The summed E-state index contributed by atoms with van der Waals surface area (Å²) in [7, 11) is 0. The Hall–Kier alpha value is -1.64. The van der Waals surface area contributed by atoms with Gasteiger partial charge in [-0.3, -0.25) is 9.78 Å². The van der Waals surface area contributed by atoms with E-state index >= 15 is 0 Å². The summed E-state index contributed by atoms with van der Waals surface area (Å²) in [6, 6.07) is 3.78. The lowest BCUT2D eigenvalue weighted by Crippen LogP contribution is -2.27. The summed E-state index contributed by atoms with van der Waals surface area (Å²) in [5.74, 6) is 0.564. The monoisotopic (exact) mass is 260 g/mol. The molecule has 1 unspecified atom stereocenters. The molecule has 104 valence electrons. The molecule has 19 heavy (non-hydrogen) atoms. The van der Waals surface area contributed by atoms with Crippen molar-refractivity contribution in [1.82, 2.24) is 10.3 Å². The molecule has 3 heteroatoms. The van der Waals surface area contributed by atoms with E-state index in [4.69, 9.17) is 0 Å². The van der Waals surface area contributed by atoms with Crippen molar-refractivity contribution in [1.29, 1.82) is 0 Å². The maximum absolute atomic E-state index is 11.7. The highest BCUT2D eigenvalue weighted by Gasteiger charge is 2.06. The van der Waals surface area contributed by atoms with E-state index in [1.54, 1.807) is 24.5 Å². The predicted molar refractivity (Wildman–Crippen MR) is 79.6 cm³/mol. The Morgan fingerprint density at radius 3 is 2.95 bits per heavy atom. The number of aromatic nitrogens is 1. The summed E-state index contributed by atoms with van der Waals surface area (Å²) in [6.07, 6.45) is 11.6. The van der Waals surface area contributed by atoms with Gasteiger partial charge < -0.3 is 5.32 Å². The Kier molecular flexibility index (Phi) is 7.56. The van der Waals surface area contributed by atoms with Gasteiger partial charge in [0.1, 0.15) is 0 Å². The molecular formula is C16H24N2O. The summed E-state index contributed by atoms with van der Waals surface area (Å²) in [5.41, 5.74) is 0.940. The highest BCUT2D eigenvalue weighted by atomic mass is 16.1. The lowest BCUT2D eigenvalue weighted by Gasteiger charge is -2.14. The first-order valence-electron chi connectivity index (χ1n) is 7.12. The molecule has 0 spiro atoms. The molecule has 1 heterocycles. The van der Waals surface area contributed by atoms with Crippen LogP contribution in [0.25, 0.3) is 6.08 Å². The Morgan fingerprint density at radius 1 is 1.47 bits per heavy atom. The first-order chi connectivity index (χ1) is 9.26. The van der Waals surface area contributed by atoms with Crippen molar-refractivity contribution in [2.75, 3.05) is 6.54 Å². The van der Waals surface area contributed by atoms with E-state index in [9.17, 15) is 4.79 Å². The van der Waals surface area contributed by atoms with Crippen LogP contribution in [0.2, 0.25) is 0 Å². The first kappa shape index (κ1) is 15.4. The Labute approximate surface area is 116 Å². The summed E-state index contributed by atoms with van der Waals surface area (Å²) >= 11 is 0. The molecule has 1 rings (SSSR count). The minimum absolute atomic E-state index is 0.0289. The van der Waals surface area contributed by atoms with E-state index in [2.05, 4.69) is 24.1 Å². The van der Waals surface area contributed by atoms with Gasteiger partial charge in [-0.1, -0.05) is 39.2 Å². The summed E-state index contributed by atoms with van der Waals surface area (Å²) in [5, 5.41) is 2.97. The molecule has 0 aromatic carbocycles. The molecule has 0 saturated heterocycles. The molecule has 1 aromatic rings. The SMILES string of the molecule is CCCCC(CC)CNC(=O)/C=C/c1cccnc1. The van der Waals surface area contributed by atoms with Gasteiger partial charge in [0.25, 0.3) is 0 Å². The van der Waals surface area contributed by atoms with Crippen molar-refractivity contribution in [3.63, 3.8) is 0 Å². The van der Waals surface area contributed by atoms with Crippen molar-refractivity contribution >= 4 is 12.0 Å². The number of hydrogen-bond donors (Lipinski definition) is 1. The average molecular weight is 260 g/mol. The smallest absolute Gasteiger partial charge is 0.244 e. The molecule has 0 aliphatic carbocycles. The fourth-order valence-electron chi connectivity index (χ4n) is 1.89. The minimum Gasteiger partial charge on any atom is -0.352 e. The van der Waals surface area contributed by atoms with Crippen LogP contribution in [-0.2, 0) is 4.79 Å². The van der Waals surface area contributed by atoms with Gasteiger partial charge in [-0.2, -0.15) is 0 Å². The van der Waals surface area contributed by atoms with Crippen LogP contribution in [0, 0.1) is 5.92 Å². The standard InChI is InChI=1S/C16H24N2O/c1-3-5-7-14(4-2)13-18-16(19)10-9-15-8-6-11-17-12-15/h6,8-12,14H,3-5,7,13H2,1-2H3,(H,18,19)/b10-9+. The number of unbranched alkanes of at least 4 members (excludes halogenated alkanes) is 1. The topological polar surface area (TPSA) is 42.0 Å². The van der Waals surface area contributed by atoms with E-state index in [-0.39, 0.29) is 5.91 Å². The third-order valence-electron chi connectivity index (χ3n) is 3.22. The molecule has 1 amide bonds. The molecule has 0 aliphatic rings. The molecule has 0 aliphatic heterocycles. The second kappa shape index (κ2) is 9.31. The molecule has 1 atom stereocenters. The van der Waals surface area contributed by atoms with E-state index in [0.29, 0.717) is 5.92 Å². The van der Waals surface area contributed by atoms with Crippen LogP contribution >= 0.6 is 0 Å². The number of hydrogen-bond acceptors (Lipinski definition) is 2. The van der Waals surface area contributed by atoms with Crippen molar-refractivity contribution in [3.05, 3.63) is 36.2 Å².